The van der Waals surface area contributed by atoms with Crippen molar-refractivity contribution in [3.63, 3.8) is 0 Å². The maximum absolute atomic E-state index is 13.5. The predicted molar refractivity (Wildman–Crippen MR) is 151 cm³/mol. The summed E-state index contributed by atoms with van der Waals surface area (Å²) in [7, 11) is 0. The molecule has 2 N–H and O–H groups in total. The molecule has 0 fully saturated rings. The van der Waals surface area contributed by atoms with Crippen LogP contribution in [-0.4, -0.2) is 25.1 Å². The fraction of sp³-hybridized carbons (Fsp3) is 0.0312. The minimum Gasteiger partial charge on any atom is -0.487 e. The van der Waals surface area contributed by atoms with Crippen molar-refractivity contribution < 1.29 is 9.13 Å². The van der Waals surface area contributed by atoms with Gasteiger partial charge in [0.15, 0.2) is 0 Å². The van der Waals surface area contributed by atoms with E-state index in [1.165, 1.54) is 12.1 Å². The van der Waals surface area contributed by atoms with Gasteiger partial charge in [0.05, 0.1) is 23.1 Å². The number of pyridine rings is 2. The Hall–Kier alpha value is -5.30. The number of rotatable bonds is 6. The van der Waals surface area contributed by atoms with Crippen molar-refractivity contribution in [2.75, 3.05) is 0 Å². The van der Waals surface area contributed by atoms with Crippen LogP contribution in [0.25, 0.3) is 55.6 Å². The molecular formula is C32H22FN5O. The first kappa shape index (κ1) is 22.9. The number of fused-ring (bicyclic) bond motifs is 2. The largest absolute Gasteiger partial charge is 0.487 e. The number of H-pyrrole nitrogens is 2. The summed E-state index contributed by atoms with van der Waals surface area (Å²) in [4.78, 5) is 12.5. The molecule has 0 radical (unpaired) electrons. The lowest BCUT2D eigenvalue weighted by Gasteiger charge is -2.08. The van der Waals surface area contributed by atoms with Crippen molar-refractivity contribution >= 4 is 21.8 Å². The SMILES string of the molecule is Fc1ccc(-c2nccc3[nH]c(-c4n[nH]c5ccc(-c6cncc(OCc7ccccc7)c6)cc45)cc23)cc1. The Balaban J connectivity index is 1.24. The lowest BCUT2D eigenvalue weighted by atomic mass is 10.0. The second-order valence-corrected chi connectivity index (χ2v) is 9.33. The first-order valence-corrected chi connectivity index (χ1v) is 12.6. The van der Waals surface area contributed by atoms with Crippen LogP contribution in [0.5, 0.6) is 5.75 Å². The van der Waals surface area contributed by atoms with Crippen LogP contribution in [0.3, 0.4) is 0 Å². The molecule has 0 aliphatic carbocycles. The van der Waals surface area contributed by atoms with Crippen molar-refractivity contribution in [2.24, 2.45) is 0 Å². The van der Waals surface area contributed by atoms with E-state index in [1.54, 1.807) is 24.5 Å². The maximum Gasteiger partial charge on any atom is 0.138 e. The smallest absolute Gasteiger partial charge is 0.138 e. The summed E-state index contributed by atoms with van der Waals surface area (Å²) in [5, 5.41) is 9.69. The van der Waals surface area contributed by atoms with Gasteiger partial charge in [-0.1, -0.05) is 36.4 Å². The fourth-order valence-corrected chi connectivity index (χ4v) is 4.81. The lowest BCUT2D eigenvalue weighted by Crippen LogP contribution is -1.95. The zero-order valence-corrected chi connectivity index (χ0v) is 20.7. The molecule has 39 heavy (non-hydrogen) atoms. The Morgan fingerprint density at radius 1 is 0.718 bits per heavy atom. The molecule has 0 saturated heterocycles. The summed E-state index contributed by atoms with van der Waals surface area (Å²) in [6.45, 7) is 0.478. The molecule has 7 heteroatoms. The number of aromatic nitrogens is 5. The molecule has 0 aliphatic rings. The van der Waals surface area contributed by atoms with E-state index < -0.39 is 0 Å². The highest BCUT2D eigenvalue weighted by Gasteiger charge is 2.15. The number of benzene rings is 3. The van der Waals surface area contributed by atoms with Crippen molar-refractivity contribution in [2.45, 2.75) is 6.61 Å². The van der Waals surface area contributed by atoms with E-state index >= 15 is 0 Å². The molecule has 4 aromatic heterocycles. The van der Waals surface area contributed by atoms with Crippen molar-refractivity contribution in [1.29, 1.82) is 0 Å². The van der Waals surface area contributed by atoms with E-state index in [9.17, 15) is 4.39 Å². The lowest BCUT2D eigenvalue weighted by molar-refractivity contribution is 0.305. The normalized spacial score (nSPS) is 11.3. The van der Waals surface area contributed by atoms with Gasteiger partial charge in [-0.3, -0.25) is 15.1 Å². The van der Waals surface area contributed by atoms with Gasteiger partial charge in [-0.05, 0) is 65.7 Å². The third kappa shape index (κ3) is 4.40. The number of halogens is 1. The fourth-order valence-electron chi connectivity index (χ4n) is 4.81. The van der Waals surface area contributed by atoms with Gasteiger partial charge in [0, 0.05) is 39.8 Å². The van der Waals surface area contributed by atoms with Crippen LogP contribution in [0.15, 0.2) is 110 Å². The minimum atomic E-state index is -0.275. The van der Waals surface area contributed by atoms with Gasteiger partial charge in [0.2, 0.25) is 0 Å². The van der Waals surface area contributed by atoms with E-state index in [-0.39, 0.29) is 5.82 Å². The first-order valence-electron chi connectivity index (χ1n) is 12.6. The topological polar surface area (TPSA) is 79.5 Å². The molecule has 7 rings (SSSR count). The van der Waals surface area contributed by atoms with Gasteiger partial charge in [0.1, 0.15) is 23.9 Å². The summed E-state index contributed by atoms with van der Waals surface area (Å²) in [6.07, 6.45) is 5.31. The van der Waals surface area contributed by atoms with Crippen LogP contribution in [0.2, 0.25) is 0 Å². The highest BCUT2D eigenvalue weighted by atomic mass is 19.1. The van der Waals surface area contributed by atoms with Crippen molar-refractivity contribution in [1.82, 2.24) is 25.1 Å². The van der Waals surface area contributed by atoms with Gasteiger partial charge >= 0.3 is 0 Å². The van der Waals surface area contributed by atoms with E-state index in [0.29, 0.717) is 12.4 Å². The predicted octanol–water partition coefficient (Wildman–Crippen LogP) is 7.55. The van der Waals surface area contributed by atoms with Gasteiger partial charge in [-0.25, -0.2) is 4.39 Å². The number of ether oxygens (including phenoxy) is 1. The van der Waals surface area contributed by atoms with Crippen LogP contribution in [0.4, 0.5) is 4.39 Å². The molecule has 0 unspecified atom stereocenters. The molecule has 0 amide bonds. The third-order valence-corrected chi connectivity index (χ3v) is 6.78. The van der Waals surface area contributed by atoms with Gasteiger partial charge in [-0.15, -0.1) is 0 Å². The molecule has 0 aliphatic heterocycles. The second kappa shape index (κ2) is 9.54. The average Bonchev–Trinajstić information content (AvgIpc) is 3.61. The number of hydrogen-bond acceptors (Lipinski definition) is 4. The Kier molecular flexibility index (Phi) is 5.59. The van der Waals surface area contributed by atoms with Crippen LogP contribution in [-0.2, 0) is 6.61 Å². The number of hydrogen-bond donors (Lipinski definition) is 2. The second-order valence-electron chi connectivity index (χ2n) is 9.33. The van der Waals surface area contributed by atoms with Crippen molar-refractivity contribution in [3.8, 4) is 39.5 Å². The molecule has 0 atom stereocenters. The minimum absolute atomic E-state index is 0.275. The number of nitrogens with zero attached hydrogens (tertiary/aromatic N) is 3. The van der Waals surface area contributed by atoms with Gasteiger partial charge in [-0.2, -0.15) is 5.10 Å². The first-order chi connectivity index (χ1) is 19.2. The molecule has 0 saturated carbocycles. The third-order valence-electron chi connectivity index (χ3n) is 6.78. The van der Waals surface area contributed by atoms with E-state index in [4.69, 9.17) is 4.74 Å². The van der Waals surface area contributed by atoms with Crippen LogP contribution in [0.1, 0.15) is 5.56 Å². The Morgan fingerprint density at radius 3 is 2.41 bits per heavy atom. The summed E-state index contributed by atoms with van der Waals surface area (Å²) in [6, 6.07) is 28.6. The maximum atomic E-state index is 13.5. The standard InChI is InChI=1S/C32H22FN5O/c33-24-9-6-21(7-10-24)31-27-16-30(36-28(27)12-13-35-31)32-26-15-22(8-11-29(26)37-38-32)23-14-25(18-34-17-23)39-19-20-4-2-1-3-5-20/h1-18,36H,19H2,(H,37,38). The molecule has 188 valence electrons. The Morgan fingerprint density at radius 2 is 1.54 bits per heavy atom. The molecule has 7 aromatic rings. The van der Waals surface area contributed by atoms with E-state index in [0.717, 1.165) is 61.1 Å². The van der Waals surface area contributed by atoms with Crippen LogP contribution >= 0.6 is 0 Å². The molecule has 0 spiro atoms. The molecule has 0 bridgehead atoms. The van der Waals surface area contributed by atoms with Crippen LogP contribution in [0, 0.1) is 5.82 Å². The number of nitrogens with one attached hydrogen (secondary N) is 2. The number of aromatic amines is 2. The molecule has 6 nitrogen and oxygen atoms in total. The summed E-state index contributed by atoms with van der Waals surface area (Å²) in [5.74, 6) is 0.434. The van der Waals surface area contributed by atoms with Gasteiger partial charge in [0.25, 0.3) is 0 Å². The van der Waals surface area contributed by atoms with E-state index in [1.807, 2.05) is 66.9 Å². The summed E-state index contributed by atoms with van der Waals surface area (Å²) >= 11 is 0. The Bertz CT molecular complexity index is 1930. The summed E-state index contributed by atoms with van der Waals surface area (Å²) in [5.41, 5.74) is 8.22. The zero-order valence-electron chi connectivity index (χ0n) is 20.7. The zero-order chi connectivity index (χ0) is 26.2. The quantitative estimate of drug-likeness (QED) is 0.242. The molecule has 3 aromatic carbocycles. The monoisotopic (exact) mass is 511 g/mol. The highest BCUT2D eigenvalue weighted by molar-refractivity contribution is 6.00. The Labute approximate surface area is 223 Å². The molecular weight excluding hydrogens is 489 g/mol. The summed E-state index contributed by atoms with van der Waals surface area (Å²) < 4.78 is 19.5. The van der Waals surface area contributed by atoms with Crippen LogP contribution < -0.4 is 4.74 Å². The van der Waals surface area contributed by atoms with Gasteiger partial charge < -0.3 is 9.72 Å². The average molecular weight is 512 g/mol. The van der Waals surface area contributed by atoms with E-state index in [2.05, 4.69) is 31.2 Å². The molecule has 4 heterocycles. The van der Waals surface area contributed by atoms with Crippen molar-refractivity contribution in [3.05, 3.63) is 121 Å². The highest BCUT2D eigenvalue weighted by Crippen LogP contribution is 2.35.